The Morgan fingerprint density at radius 1 is 1.43 bits per heavy atom. The standard InChI is InChI=1S/C16H18FNO3/c1-4-21-14(19)8-12-11-6-5-7-13(17)15(11)18(16(12)20)9-10(2)3/h5-8,10H,4,9H2,1-3H3/b12-8+. The molecule has 1 heterocycles. The van der Waals surface area contributed by atoms with E-state index in [0.29, 0.717) is 12.1 Å². The average molecular weight is 291 g/mol. The Morgan fingerprint density at radius 3 is 2.76 bits per heavy atom. The van der Waals surface area contributed by atoms with Crippen molar-refractivity contribution < 1.29 is 18.7 Å². The number of halogens is 1. The van der Waals surface area contributed by atoms with E-state index < -0.39 is 11.8 Å². The van der Waals surface area contributed by atoms with E-state index in [2.05, 4.69) is 0 Å². The van der Waals surface area contributed by atoms with E-state index in [-0.39, 0.29) is 29.7 Å². The minimum absolute atomic E-state index is 0.184. The first-order chi connectivity index (χ1) is 9.95. The lowest BCUT2D eigenvalue weighted by molar-refractivity contribution is -0.137. The highest BCUT2D eigenvalue weighted by Crippen LogP contribution is 2.38. The lowest BCUT2D eigenvalue weighted by atomic mass is 10.1. The van der Waals surface area contributed by atoms with Crippen molar-refractivity contribution in [2.45, 2.75) is 20.8 Å². The molecule has 1 aliphatic rings. The summed E-state index contributed by atoms with van der Waals surface area (Å²) < 4.78 is 18.9. The molecular formula is C16H18FNO3. The zero-order valence-corrected chi connectivity index (χ0v) is 12.4. The normalized spacial score (nSPS) is 15.8. The second-order valence-corrected chi connectivity index (χ2v) is 5.26. The summed E-state index contributed by atoms with van der Waals surface area (Å²) in [5, 5.41) is 0. The molecule has 0 N–H and O–H groups in total. The lowest BCUT2D eigenvalue weighted by Gasteiger charge is -2.19. The first-order valence-electron chi connectivity index (χ1n) is 6.94. The van der Waals surface area contributed by atoms with E-state index in [0.717, 1.165) is 6.08 Å². The summed E-state index contributed by atoms with van der Waals surface area (Å²) in [6, 6.07) is 4.48. The minimum atomic E-state index is -0.595. The Bertz CT molecular complexity index is 608. The maximum absolute atomic E-state index is 14.1. The fourth-order valence-electron chi connectivity index (χ4n) is 2.35. The molecular weight excluding hydrogens is 273 g/mol. The summed E-state index contributed by atoms with van der Waals surface area (Å²) in [6.07, 6.45) is 1.14. The van der Waals surface area contributed by atoms with E-state index in [9.17, 15) is 14.0 Å². The molecule has 2 rings (SSSR count). The molecule has 21 heavy (non-hydrogen) atoms. The molecule has 0 spiro atoms. The second-order valence-electron chi connectivity index (χ2n) is 5.26. The minimum Gasteiger partial charge on any atom is -0.463 e. The third-order valence-electron chi connectivity index (χ3n) is 3.12. The van der Waals surface area contributed by atoms with Crippen molar-refractivity contribution >= 4 is 23.1 Å². The molecule has 0 bridgehead atoms. The largest absolute Gasteiger partial charge is 0.463 e. The highest BCUT2D eigenvalue weighted by Gasteiger charge is 2.35. The Labute approximate surface area is 123 Å². The molecule has 112 valence electrons. The molecule has 0 aromatic heterocycles. The number of fused-ring (bicyclic) bond motifs is 1. The molecule has 1 amide bonds. The van der Waals surface area contributed by atoms with Gasteiger partial charge in [-0.25, -0.2) is 9.18 Å². The highest BCUT2D eigenvalue weighted by atomic mass is 19.1. The number of amides is 1. The van der Waals surface area contributed by atoms with E-state index in [1.807, 2.05) is 13.8 Å². The van der Waals surface area contributed by atoms with Crippen LogP contribution in [0.25, 0.3) is 5.57 Å². The molecule has 0 saturated heterocycles. The molecule has 1 aromatic carbocycles. The number of esters is 1. The van der Waals surface area contributed by atoms with Crippen LogP contribution in [0.2, 0.25) is 0 Å². The van der Waals surface area contributed by atoms with Gasteiger partial charge in [0, 0.05) is 18.2 Å². The lowest BCUT2D eigenvalue weighted by Crippen LogP contribution is -2.31. The summed E-state index contributed by atoms with van der Waals surface area (Å²) in [7, 11) is 0. The number of carbonyl (C=O) groups is 2. The van der Waals surface area contributed by atoms with Gasteiger partial charge in [0.1, 0.15) is 5.82 Å². The molecule has 0 unspecified atom stereocenters. The van der Waals surface area contributed by atoms with Crippen LogP contribution in [0.1, 0.15) is 26.3 Å². The van der Waals surface area contributed by atoms with Crippen LogP contribution in [-0.2, 0) is 14.3 Å². The average Bonchev–Trinajstić information content (AvgIpc) is 2.65. The third-order valence-corrected chi connectivity index (χ3v) is 3.12. The van der Waals surface area contributed by atoms with Crippen LogP contribution in [0.15, 0.2) is 24.3 Å². The molecule has 0 aliphatic carbocycles. The van der Waals surface area contributed by atoms with Crippen molar-refractivity contribution in [2.24, 2.45) is 5.92 Å². The fourth-order valence-corrected chi connectivity index (χ4v) is 2.35. The predicted octanol–water partition coefficient (Wildman–Crippen LogP) is 2.77. The first kappa shape index (κ1) is 15.2. The van der Waals surface area contributed by atoms with E-state index >= 15 is 0 Å². The number of hydrogen-bond acceptors (Lipinski definition) is 3. The van der Waals surface area contributed by atoms with Gasteiger partial charge in [-0.05, 0) is 18.9 Å². The molecule has 0 saturated carbocycles. The van der Waals surface area contributed by atoms with Gasteiger partial charge in [0.25, 0.3) is 5.91 Å². The smallest absolute Gasteiger partial charge is 0.331 e. The maximum atomic E-state index is 14.1. The predicted molar refractivity (Wildman–Crippen MR) is 78.2 cm³/mol. The number of nitrogens with zero attached hydrogens (tertiary/aromatic N) is 1. The Balaban J connectivity index is 2.49. The van der Waals surface area contributed by atoms with Crippen LogP contribution in [0.4, 0.5) is 10.1 Å². The molecule has 0 fully saturated rings. The van der Waals surface area contributed by atoms with E-state index in [4.69, 9.17) is 4.74 Å². The van der Waals surface area contributed by atoms with E-state index in [1.54, 1.807) is 13.0 Å². The van der Waals surface area contributed by atoms with Crippen molar-refractivity contribution in [2.75, 3.05) is 18.1 Å². The van der Waals surface area contributed by atoms with Gasteiger partial charge in [-0.15, -0.1) is 0 Å². The van der Waals surface area contributed by atoms with Gasteiger partial charge < -0.3 is 9.64 Å². The van der Waals surface area contributed by atoms with Crippen molar-refractivity contribution in [3.05, 3.63) is 35.7 Å². The van der Waals surface area contributed by atoms with Crippen molar-refractivity contribution in [3.8, 4) is 0 Å². The number of benzene rings is 1. The number of anilines is 1. The topological polar surface area (TPSA) is 46.6 Å². The molecule has 0 radical (unpaired) electrons. The Kier molecular flexibility index (Phi) is 4.40. The fraction of sp³-hybridized carbons (Fsp3) is 0.375. The maximum Gasteiger partial charge on any atom is 0.331 e. The Hall–Kier alpha value is -2.17. The van der Waals surface area contributed by atoms with E-state index in [1.165, 1.54) is 17.0 Å². The monoisotopic (exact) mass is 291 g/mol. The third kappa shape index (κ3) is 2.96. The van der Waals surface area contributed by atoms with Crippen LogP contribution in [-0.4, -0.2) is 25.0 Å². The molecule has 0 atom stereocenters. The zero-order valence-electron chi connectivity index (χ0n) is 12.4. The quantitative estimate of drug-likeness (QED) is 0.633. The SMILES string of the molecule is CCOC(=O)/C=C1/C(=O)N(CC(C)C)c2c(F)cccc21. The van der Waals surface area contributed by atoms with Crippen molar-refractivity contribution in [1.29, 1.82) is 0 Å². The van der Waals surface area contributed by atoms with Crippen LogP contribution in [0.3, 0.4) is 0 Å². The van der Waals surface area contributed by atoms with Gasteiger partial charge in [0.2, 0.25) is 0 Å². The van der Waals surface area contributed by atoms with Gasteiger partial charge in [-0.2, -0.15) is 0 Å². The van der Waals surface area contributed by atoms with Crippen LogP contribution in [0.5, 0.6) is 0 Å². The summed E-state index contributed by atoms with van der Waals surface area (Å²) >= 11 is 0. The van der Waals surface area contributed by atoms with Gasteiger partial charge in [0.05, 0.1) is 17.9 Å². The Morgan fingerprint density at radius 2 is 2.14 bits per heavy atom. The summed E-state index contributed by atoms with van der Waals surface area (Å²) in [4.78, 5) is 25.5. The second kappa shape index (κ2) is 6.08. The summed E-state index contributed by atoms with van der Waals surface area (Å²) in [5.74, 6) is -1.24. The molecule has 4 nitrogen and oxygen atoms in total. The van der Waals surface area contributed by atoms with Gasteiger partial charge in [-0.1, -0.05) is 26.0 Å². The van der Waals surface area contributed by atoms with Crippen molar-refractivity contribution in [3.63, 3.8) is 0 Å². The number of rotatable bonds is 4. The number of carbonyl (C=O) groups excluding carboxylic acids is 2. The van der Waals surface area contributed by atoms with Crippen LogP contribution in [0, 0.1) is 11.7 Å². The number of ether oxygens (including phenoxy) is 1. The first-order valence-corrected chi connectivity index (χ1v) is 6.94. The zero-order chi connectivity index (χ0) is 15.6. The van der Waals surface area contributed by atoms with Crippen molar-refractivity contribution in [1.82, 2.24) is 0 Å². The number of para-hydroxylation sites is 1. The summed E-state index contributed by atoms with van der Waals surface area (Å²) in [5.41, 5.74) is 0.865. The van der Waals surface area contributed by atoms with Gasteiger partial charge >= 0.3 is 5.97 Å². The van der Waals surface area contributed by atoms with Gasteiger partial charge in [0.15, 0.2) is 0 Å². The van der Waals surface area contributed by atoms with Crippen LogP contribution < -0.4 is 4.90 Å². The summed E-state index contributed by atoms with van der Waals surface area (Å²) in [6.45, 7) is 6.20. The molecule has 1 aliphatic heterocycles. The van der Waals surface area contributed by atoms with Crippen LogP contribution >= 0.6 is 0 Å². The van der Waals surface area contributed by atoms with Gasteiger partial charge in [-0.3, -0.25) is 4.79 Å². The molecule has 5 heteroatoms. The highest BCUT2D eigenvalue weighted by molar-refractivity contribution is 6.34. The number of hydrogen-bond donors (Lipinski definition) is 0. The molecule has 1 aromatic rings.